The minimum absolute atomic E-state index is 0. The molecular formula is C27H27CuF6N3O2P+. The first kappa shape index (κ1) is 34.7. The SMILES string of the molecule is CC(=O)CC(C)=O.CC(c1cccc2ccccc12)N(c1ccccn1)c1ccccn1.F[P-](F)(F)(F)(F)F.[Cu+2]. The van der Waals surface area contributed by atoms with Crippen molar-refractivity contribution >= 4 is 41.8 Å². The quantitative estimate of drug-likeness (QED) is 0.0916. The number of pyridine rings is 2. The van der Waals surface area contributed by atoms with Crippen LogP contribution in [0, 0.1) is 0 Å². The normalized spacial score (nSPS) is 13.0. The van der Waals surface area contributed by atoms with E-state index in [-0.39, 0.29) is 41.1 Å². The minimum atomic E-state index is -10.7. The molecule has 0 spiro atoms. The molecule has 0 fully saturated rings. The number of hydrogen-bond acceptors (Lipinski definition) is 5. The standard InChI is InChI=1S/C22H19N3.C5H8O2.Cu.F6P/c1-17(19-12-8-10-18-9-2-3-11-20(18)19)25(21-13-4-6-15-23-21)22-14-5-7-16-24-22;1-4(6)3-5(2)7;;1-7(2,3,4,5)6/h2-17H,1H3;3H2,1-2H3;;/q;;+2;-1. The van der Waals surface area contributed by atoms with Crippen molar-refractivity contribution in [3.05, 3.63) is 96.8 Å². The average Bonchev–Trinajstić information content (AvgIpc) is 2.83. The van der Waals surface area contributed by atoms with E-state index in [0.717, 1.165) is 11.6 Å². The number of nitrogens with zero attached hydrogens (tertiary/aromatic N) is 3. The van der Waals surface area contributed by atoms with Gasteiger partial charge in [0.2, 0.25) is 0 Å². The summed E-state index contributed by atoms with van der Waals surface area (Å²) in [5.74, 6) is 1.66. The number of Topliss-reactive ketones (excluding diaryl/α,β-unsaturated/α-hetero) is 2. The van der Waals surface area contributed by atoms with Gasteiger partial charge in [-0.25, -0.2) is 9.97 Å². The first-order valence-electron chi connectivity index (χ1n) is 11.6. The van der Waals surface area contributed by atoms with Crippen molar-refractivity contribution in [2.24, 2.45) is 0 Å². The molecule has 4 rings (SSSR count). The summed E-state index contributed by atoms with van der Waals surface area (Å²) in [5.41, 5.74) is 1.26. The summed E-state index contributed by atoms with van der Waals surface area (Å²) < 4.78 is 59.2. The predicted octanol–water partition coefficient (Wildman–Crippen LogP) is 9.46. The van der Waals surface area contributed by atoms with E-state index in [4.69, 9.17) is 0 Å². The number of aromatic nitrogens is 2. The van der Waals surface area contributed by atoms with Crippen LogP contribution in [0.15, 0.2) is 91.3 Å². The Hall–Kier alpha value is -3.33. The molecule has 0 aliphatic rings. The fraction of sp³-hybridized carbons (Fsp3) is 0.185. The van der Waals surface area contributed by atoms with E-state index >= 15 is 0 Å². The van der Waals surface area contributed by atoms with Crippen LogP contribution in [-0.4, -0.2) is 21.5 Å². The van der Waals surface area contributed by atoms with Crippen LogP contribution in [0.2, 0.25) is 0 Å². The van der Waals surface area contributed by atoms with E-state index < -0.39 is 7.81 Å². The number of fused-ring (bicyclic) bond motifs is 1. The third-order valence-corrected chi connectivity index (χ3v) is 4.95. The molecule has 5 nitrogen and oxygen atoms in total. The van der Waals surface area contributed by atoms with Crippen molar-refractivity contribution in [3.8, 4) is 0 Å². The van der Waals surface area contributed by atoms with Crippen LogP contribution >= 0.6 is 7.81 Å². The van der Waals surface area contributed by atoms with Crippen molar-refractivity contribution in [2.45, 2.75) is 33.2 Å². The maximum atomic E-state index is 10.0. The molecule has 0 aliphatic carbocycles. The van der Waals surface area contributed by atoms with Crippen LogP contribution in [0.4, 0.5) is 36.8 Å². The summed E-state index contributed by atoms with van der Waals surface area (Å²) in [4.78, 5) is 31.4. The van der Waals surface area contributed by atoms with Gasteiger partial charge in [0.05, 0.1) is 12.5 Å². The number of hydrogen-bond donors (Lipinski definition) is 0. The van der Waals surface area contributed by atoms with Crippen LogP contribution in [0.5, 0.6) is 0 Å². The Morgan fingerprint density at radius 1 is 0.725 bits per heavy atom. The number of carbonyl (C=O) groups excluding carboxylic acids is 2. The molecule has 0 saturated carbocycles. The second-order valence-corrected chi connectivity index (χ2v) is 10.4. The van der Waals surface area contributed by atoms with E-state index in [0.29, 0.717) is 0 Å². The zero-order valence-corrected chi connectivity index (χ0v) is 23.5. The van der Waals surface area contributed by atoms with Gasteiger partial charge in [0.25, 0.3) is 0 Å². The van der Waals surface area contributed by atoms with Gasteiger partial charge in [0.15, 0.2) is 0 Å². The van der Waals surface area contributed by atoms with Gasteiger partial charge in [-0.15, -0.1) is 0 Å². The Morgan fingerprint density at radius 3 is 1.55 bits per heavy atom. The second-order valence-electron chi connectivity index (χ2n) is 8.53. The van der Waals surface area contributed by atoms with E-state index in [1.54, 1.807) is 0 Å². The molecule has 0 saturated heterocycles. The smallest absolute Gasteiger partial charge is 2.00 e. The summed E-state index contributed by atoms with van der Waals surface area (Å²) in [6, 6.07) is 27.0. The van der Waals surface area contributed by atoms with Gasteiger partial charge in [-0.1, -0.05) is 54.6 Å². The molecule has 0 aliphatic heterocycles. The molecule has 1 unspecified atom stereocenters. The van der Waals surface area contributed by atoms with Crippen molar-refractivity contribution in [1.29, 1.82) is 0 Å². The summed E-state index contributed by atoms with van der Waals surface area (Å²) in [6.45, 7) is 5.01. The largest absolute Gasteiger partial charge is 2.00 e. The Kier molecular flexibility index (Phi) is 11.6. The molecule has 1 radical (unpaired) electrons. The van der Waals surface area contributed by atoms with Gasteiger partial charge in [0, 0.05) is 12.4 Å². The first-order valence-corrected chi connectivity index (χ1v) is 13.6. The fourth-order valence-corrected chi connectivity index (χ4v) is 3.61. The Labute approximate surface area is 238 Å². The Balaban J connectivity index is 0.000000446. The average molecular weight is 634 g/mol. The van der Waals surface area contributed by atoms with Crippen molar-refractivity contribution in [1.82, 2.24) is 9.97 Å². The van der Waals surface area contributed by atoms with Gasteiger partial charge in [-0.05, 0) is 61.4 Å². The minimum Gasteiger partial charge on any atom is 2.00 e. The molecule has 0 N–H and O–H groups in total. The third-order valence-electron chi connectivity index (χ3n) is 4.95. The molecule has 2 aromatic carbocycles. The summed E-state index contributed by atoms with van der Waals surface area (Å²) >= 11 is 0. The van der Waals surface area contributed by atoms with Crippen molar-refractivity contribution < 1.29 is 51.8 Å². The third kappa shape index (κ3) is 13.6. The van der Waals surface area contributed by atoms with Gasteiger partial charge in [-0.3, -0.25) is 9.59 Å². The van der Waals surface area contributed by atoms with Crippen LogP contribution < -0.4 is 4.90 Å². The fourth-order valence-electron chi connectivity index (χ4n) is 3.61. The summed E-state index contributed by atoms with van der Waals surface area (Å²) in [6.07, 6.45) is 3.72. The van der Waals surface area contributed by atoms with Crippen LogP contribution in [-0.2, 0) is 26.7 Å². The van der Waals surface area contributed by atoms with Gasteiger partial charge in [0.1, 0.15) is 23.2 Å². The summed E-state index contributed by atoms with van der Waals surface area (Å²) in [7, 11) is -10.7. The van der Waals surface area contributed by atoms with Gasteiger partial charge in [-0.2, -0.15) is 0 Å². The number of anilines is 2. The maximum Gasteiger partial charge on any atom is 2.00 e. The van der Waals surface area contributed by atoms with E-state index in [9.17, 15) is 34.8 Å². The molecule has 0 amide bonds. The molecule has 40 heavy (non-hydrogen) atoms. The van der Waals surface area contributed by atoms with E-state index in [1.807, 2.05) is 48.8 Å². The van der Waals surface area contributed by atoms with Crippen molar-refractivity contribution in [3.63, 3.8) is 0 Å². The molecule has 2 heterocycles. The van der Waals surface area contributed by atoms with E-state index in [1.165, 1.54) is 30.2 Å². The number of ketones is 2. The zero-order chi connectivity index (χ0) is 29.3. The first-order chi connectivity index (χ1) is 17.9. The predicted molar refractivity (Wildman–Crippen MR) is 143 cm³/mol. The Bertz CT molecular complexity index is 1340. The molecule has 13 heteroatoms. The number of halogens is 6. The Morgan fingerprint density at radius 2 is 1.15 bits per heavy atom. The molecule has 0 bridgehead atoms. The molecule has 4 aromatic rings. The van der Waals surface area contributed by atoms with Gasteiger partial charge < -0.3 is 4.90 Å². The zero-order valence-electron chi connectivity index (χ0n) is 21.6. The number of rotatable bonds is 6. The van der Waals surface area contributed by atoms with Crippen LogP contribution in [0.1, 0.15) is 38.8 Å². The van der Waals surface area contributed by atoms with Crippen molar-refractivity contribution in [2.75, 3.05) is 4.90 Å². The summed E-state index contributed by atoms with van der Waals surface area (Å²) in [5, 5.41) is 2.50. The monoisotopic (exact) mass is 633 g/mol. The number of benzene rings is 2. The molecule has 219 valence electrons. The molecule has 2 aromatic heterocycles. The van der Waals surface area contributed by atoms with Gasteiger partial charge >= 0.3 is 50.1 Å². The number of carbonyl (C=O) groups is 2. The van der Waals surface area contributed by atoms with Crippen LogP contribution in [0.25, 0.3) is 10.8 Å². The second kappa shape index (κ2) is 13.4. The van der Waals surface area contributed by atoms with E-state index in [2.05, 4.69) is 64.3 Å². The van der Waals surface area contributed by atoms with Crippen LogP contribution in [0.3, 0.4) is 0 Å². The maximum absolute atomic E-state index is 10.7. The topological polar surface area (TPSA) is 63.2 Å². The molecular weight excluding hydrogens is 607 g/mol. The molecule has 1 atom stereocenters.